The topological polar surface area (TPSA) is 62.3 Å². The molecule has 20 heavy (non-hydrogen) atoms. The lowest BCUT2D eigenvalue weighted by atomic mass is 9.97. The van der Waals surface area contributed by atoms with Crippen LogP contribution in [0.25, 0.3) is 0 Å². The third kappa shape index (κ3) is 2.81. The number of hydrogen-bond acceptors (Lipinski definition) is 3. The normalized spacial score (nSPS) is 23.4. The van der Waals surface area contributed by atoms with Gasteiger partial charge >= 0.3 is 0 Å². The molecule has 1 aliphatic rings. The van der Waals surface area contributed by atoms with Crippen LogP contribution < -0.4 is 5.32 Å². The lowest BCUT2D eigenvalue weighted by Gasteiger charge is -2.31. The van der Waals surface area contributed by atoms with E-state index in [1.54, 1.807) is 24.2 Å². The van der Waals surface area contributed by atoms with Crippen LogP contribution in [-0.4, -0.2) is 33.8 Å². The van der Waals surface area contributed by atoms with Crippen molar-refractivity contribution >= 4 is 11.8 Å². The van der Waals surface area contributed by atoms with Crippen molar-refractivity contribution in [3.8, 4) is 0 Å². The Labute approximate surface area is 119 Å². The van der Waals surface area contributed by atoms with Gasteiger partial charge in [0.15, 0.2) is 0 Å². The zero-order chi connectivity index (χ0) is 14.8. The predicted octanol–water partition coefficient (Wildman–Crippen LogP) is 1.41. The molecule has 1 N–H and O–H groups in total. The first-order chi connectivity index (χ1) is 9.46. The van der Waals surface area contributed by atoms with Crippen molar-refractivity contribution in [2.24, 2.45) is 0 Å². The van der Waals surface area contributed by atoms with Crippen molar-refractivity contribution in [2.45, 2.75) is 45.7 Å². The van der Waals surface area contributed by atoms with E-state index in [9.17, 15) is 9.59 Å². The van der Waals surface area contributed by atoms with E-state index in [0.29, 0.717) is 25.9 Å². The van der Waals surface area contributed by atoms with E-state index in [-0.39, 0.29) is 11.8 Å². The molecule has 2 rings (SSSR count). The molecule has 0 radical (unpaired) electrons. The van der Waals surface area contributed by atoms with E-state index in [4.69, 9.17) is 0 Å². The monoisotopic (exact) mass is 275 g/mol. The van der Waals surface area contributed by atoms with Crippen LogP contribution in [0.15, 0.2) is 18.5 Å². The zero-order valence-corrected chi connectivity index (χ0v) is 12.3. The molecule has 1 aromatic rings. The van der Waals surface area contributed by atoms with Crippen LogP contribution in [0.1, 0.15) is 37.8 Å². The number of pyridine rings is 1. The van der Waals surface area contributed by atoms with Crippen LogP contribution in [0, 0.1) is 6.92 Å². The van der Waals surface area contributed by atoms with E-state index in [1.165, 1.54) is 0 Å². The number of aromatic nitrogens is 1. The van der Waals surface area contributed by atoms with Gasteiger partial charge in [-0.3, -0.25) is 14.6 Å². The van der Waals surface area contributed by atoms with E-state index < -0.39 is 5.54 Å². The molecule has 108 valence electrons. The molecule has 0 spiro atoms. The van der Waals surface area contributed by atoms with Gasteiger partial charge < -0.3 is 10.2 Å². The molecule has 0 aromatic carbocycles. The van der Waals surface area contributed by atoms with Crippen molar-refractivity contribution in [3.05, 3.63) is 29.6 Å². The van der Waals surface area contributed by atoms with E-state index >= 15 is 0 Å². The third-order valence-corrected chi connectivity index (χ3v) is 3.99. The number of nitrogens with one attached hydrogen (secondary N) is 1. The van der Waals surface area contributed by atoms with Crippen LogP contribution in [0.3, 0.4) is 0 Å². The molecule has 1 aliphatic heterocycles. The summed E-state index contributed by atoms with van der Waals surface area (Å²) in [6.07, 6.45) is 4.46. The third-order valence-electron chi connectivity index (χ3n) is 3.99. The van der Waals surface area contributed by atoms with Gasteiger partial charge in [0.25, 0.3) is 0 Å². The maximum atomic E-state index is 12.7. The summed E-state index contributed by atoms with van der Waals surface area (Å²) < 4.78 is 0. The van der Waals surface area contributed by atoms with Crippen molar-refractivity contribution < 1.29 is 9.59 Å². The molecule has 1 atom stereocenters. The summed E-state index contributed by atoms with van der Waals surface area (Å²) in [6, 6.07) is 1.92. The lowest BCUT2D eigenvalue weighted by molar-refractivity contribution is -0.138. The summed E-state index contributed by atoms with van der Waals surface area (Å²) in [4.78, 5) is 30.3. The van der Waals surface area contributed by atoms with Crippen molar-refractivity contribution in [1.29, 1.82) is 0 Å². The molecule has 2 heterocycles. The largest absolute Gasteiger partial charge is 0.342 e. The van der Waals surface area contributed by atoms with Crippen LogP contribution >= 0.6 is 0 Å². The lowest BCUT2D eigenvalue weighted by Crippen LogP contribution is -2.54. The molecule has 1 unspecified atom stereocenters. The standard InChI is InChI=1S/C15H21N3O2/c1-4-15(3)14(20)18(8-6-13(19)17-15)10-12-5-7-16-9-11(12)2/h5,7,9H,4,6,8,10H2,1-3H3,(H,17,19). The summed E-state index contributed by atoms with van der Waals surface area (Å²) in [5, 5.41) is 2.84. The quantitative estimate of drug-likeness (QED) is 0.907. The molecule has 0 aliphatic carbocycles. The fraction of sp³-hybridized carbons (Fsp3) is 0.533. The Morgan fingerprint density at radius 1 is 1.45 bits per heavy atom. The number of rotatable bonds is 3. The summed E-state index contributed by atoms with van der Waals surface area (Å²) in [6.45, 7) is 6.68. The molecule has 5 nitrogen and oxygen atoms in total. The van der Waals surface area contributed by atoms with Gasteiger partial charge in [0, 0.05) is 31.9 Å². The number of carbonyl (C=O) groups excluding carboxylic acids is 2. The second kappa shape index (κ2) is 5.61. The Bertz CT molecular complexity index is 530. The highest BCUT2D eigenvalue weighted by Gasteiger charge is 2.39. The van der Waals surface area contributed by atoms with Gasteiger partial charge in [0.05, 0.1) is 0 Å². The van der Waals surface area contributed by atoms with Gasteiger partial charge in [-0.15, -0.1) is 0 Å². The molecule has 1 fully saturated rings. The first-order valence-electron chi connectivity index (χ1n) is 6.96. The SMILES string of the molecule is CCC1(C)NC(=O)CCN(Cc2ccncc2C)C1=O. The second-order valence-electron chi connectivity index (χ2n) is 5.51. The van der Waals surface area contributed by atoms with Gasteiger partial charge in [0.1, 0.15) is 5.54 Å². The summed E-state index contributed by atoms with van der Waals surface area (Å²) in [5.74, 6) is -0.0706. The first kappa shape index (κ1) is 14.5. The smallest absolute Gasteiger partial charge is 0.248 e. The minimum absolute atomic E-state index is 0.0120. The van der Waals surface area contributed by atoms with Crippen LogP contribution in [0.4, 0.5) is 0 Å². The Hall–Kier alpha value is -1.91. The molecule has 5 heteroatoms. The molecule has 2 amide bonds. The van der Waals surface area contributed by atoms with E-state index in [0.717, 1.165) is 11.1 Å². The van der Waals surface area contributed by atoms with Gasteiger partial charge in [-0.25, -0.2) is 0 Å². The highest BCUT2D eigenvalue weighted by Crippen LogP contribution is 2.20. The molecule has 0 saturated carbocycles. The molecule has 1 aromatic heterocycles. The summed E-state index contributed by atoms with van der Waals surface area (Å²) in [7, 11) is 0. The van der Waals surface area contributed by atoms with Crippen LogP contribution in [0.2, 0.25) is 0 Å². The molecular formula is C15H21N3O2. The Morgan fingerprint density at radius 3 is 2.85 bits per heavy atom. The van der Waals surface area contributed by atoms with Crippen molar-refractivity contribution in [2.75, 3.05) is 6.54 Å². The van der Waals surface area contributed by atoms with Gasteiger partial charge in [-0.2, -0.15) is 0 Å². The first-order valence-corrected chi connectivity index (χ1v) is 6.96. The fourth-order valence-corrected chi connectivity index (χ4v) is 2.39. The highest BCUT2D eigenvalue weighted by molar-refractivity contribution is 5.93. The van der Waals surface area contributed by atoms with Gasteiger partial charge in [-0.1, -0.05) is 6.92 Å². The Morgan fingerprint density at radius 2 is 2.20 bits per heavy atom. The van der Waals surface area contributed by atoms with Crippen molar-refractivity contribution in [1.82, 2.24) is 15.2 Å². The van der Waals surface area contributed by atoms with Crippen molar-refractivity contribution in [3.63, 3.8) is 0 Å². The summed E-state index contributed by atoms with van der Waals surface area (Å²) in [5.41, 5.74) is 1.33. The minimum Gasteiger partial charge on any atom is -0.342 e. The van der Waals surface area contributed by atoms with Gasteiger partial charge in [-0.05, 0) is 37.5 Å². The fourth-order valence-electron chi connectivity index (χ4n) is 2.39. The molecule has 0 bridgehead atoms. The van der Waals surface area contributed by atoms with Gasteiger partial charge in [0.2, 0.25) is 11.8 Å². The minimum atomic E-state index is -0.797. The van der Waals surface area contributed by atoms with E-state index in [2.05, 4.69) is 10.3 Å². The summed E-state index contributed by atoms with van der Waals surface area (Å²) >= 11 is 0. The molecular weight excluding hydrogens is 254 g/mol. The maximum Gasteiger partial charge on any atom is 0.248 e. The average Bonchev–Trinajstić information content (AvgIpc) is 2.53. The highest BCUT2D eigenvalue weighted by atomic mass is 16.2. The Kier molecular flexibility index (Phi) is 4.06. The number of hydrogen-bond donors (Lipinski definition) is 1. The number of carbonyl (C=O) groups is 2. The van der Waals surface area contributed by atoms with E-state index in [1.807, 2.05) is 19.9 Å². The predicted molar refractivity (Wildman–Crippen MR) is 75.8 cm³/mol. The van der Waals surface area contributed by atoms with Crippen LogP contribution in [-0.2, 0) is 16.1 Å². The van der Waals surface area contributed by atoms with Crippen LogP contribution in [0.5, 0.6) is 0 Å². The zero-order valence-electron chi connectivity index (χ0n) is 12.3. The number of nitrogens with zero attached hydrogens (tertiary/aromatic N) is 2. The Balaban J connectivity index is 2.24. The number of amides is 2. The molecule has 1 saturated heterocycles. The second-order valence-corrected chi connectivity index (χ2v) is 5.51. The maximum absolute atomic E-state index is 12.7. The number of aryl methyl sites for hydroxylation is 1. The average molecular weight is 275 g/mol.